The van der Waals surface area contributed by atoms with E-state index in [2.05, 4.69) is 0 Å². The summed E-state index contributed by atoms with van der Waals surface area (Å²) in [4.78, 5) is 12.3. The minimum Gasteiger partial charge on any atom is -0.504 e. The molecule has 0 spiro atoms. The molecule has 130 valence electrons. The lowest BCUT2D eigenvalue weighted by Gasteiger charge is -1.98. The number of aromatic hydroxyl groups is 4. The lowest BCUT2D eigenvalue weighted by molar-refractivity contribution is 0.403. The minimum atomic E-state index is -0.653. The fourth-order valence-electron chi connectivity index (χ4n) is 2.67. The molecule has 0 bridgehead atoms. The molecule has 2 aromatic heterocycles. The van der Waals surface area contributed by atoms with E-state index in [1.54, 1.807) is 12.1 Å². The first kappa shape index (κ1) is 15.6. The Labute approximate surface area is 145 Å². The van der Waals surface area contributed by atoms with E-state index in [0.717, 1.165) is 0 Å². The molecule has 0 radical (unpaired) electrons. The van der Waals surface area contributed by atoms with E-state index >= 15 is 0 Å². The van der Waals surface area contributed by atoms with Crippen molar-refractivity contribution in [3.05, 3.63) is 58.1 Å². The van der Waals surface area contributed by atoms with Gasteiger partial charge in [0, 0.05) is 17.5 Å². The largest absolute Gasteiger partial charge is 0.504 e. The van der Waals surface area contributed by atoms with Crippen LogP contribution in [0.2, 0.25) is 0 Å². The maximum atomic E-state index is 12.3. The van der Waals surface area contributed by atoms with Gasteiger partial charge in [0.2, 0.25) is 0 Å². The van der Waals surface area contributed by atoms with E-state index in [1.165, 1.54) is 36.4 Å². The van der Waals surface area contributed by atoms with Crippen LogP contribution in [-0.4, -0.2) is 20.4 Å². The molecule has 2 aromatic carbocycles. The number of hydrogen-bond acceptors (Lipinski definition) is 7. The predicted octanol–water partition coefficient (Wildman–Crippen LogP) is 3.53. The van der Waals surface area contributed by atoms with Gasteiger partial charge < -0.3 is 29.3 Å². The van der Waals surface area contributed by atoms with E-state index in [9.17, 15) is 25.2 Å². The van der Waals surface area contributed by atoms with E-state index in [1.807, 2.05) is 0 Å². The summed E-state index contributed by atoms with van der Waals surface area (Å²) in [5.41, 5.74) is 0.420. The van der Waals surface area contributed by atoms with Gasteiger partial charge in [-0.05, 0) is 29.8 Å². The molecular formula is C19H12O7. The Balaban J connectivity index is 1.82. The third-order valence-electron chi connectivity index (χ3n) is 3.94. The quantitative estimate of drug-likeness (QED) is 0.407. The molecule has 26 heavy (non-hydrogen) atoms. The SMILES string of the molecule is O=c1oc(/C=C/c2ccc(O)c(O)c2)cc2oc3cc(O)c(O)cc3c12. The fourth-order valence-corrected chi connectivity index (χ4v) is 2.67. The second-order valence-electron chi connectivity index (χ2n) is 5.70. The Hall–Kier alpha value is -3.87. The van der Waals surface area contributed by atoms with Crippen LogP contribution in [0.1, 0.15) is 11.3 Å². The van der Waals surface area contributed by atoms with E-state index in [4.69, 9.17) is 8.83 Å². The maximum Gasteiger partial charge on any atom is 0.348 e. The van der Waals surface area contributed by atoms with Crippen molar-refractivity contribution in [1.29, 1.82) is 0 Å². The topological polar surface area (TPSA) is 124 Å². The summed E-state index contributed by atoms with van der Waals surface area (Å²) in [6.07, 6.45) is 3.10. The van der Waals surface area contributed by atoms with Gasteiger partial charge in [-0.25, -0.2) is 4.79 Å². The van der Waals surface area contributed by atoms with Gasteiger partial charge in [0.05, 0.1) is 0 Å². The molecule has 0 saturated heterocycles. The van der Waals surface area contributed by atoms with Crippen LogP contribution >= 0.6 is 0 Å². The van der Waals surface area contributed by atoms with Gasteiger partial charge >= 0.3 is 5.63 Å². The number of hydrogen-bond donors (Lipinski definition) is 4. The van der Waals surface area contributed by atoms with Crippen LogP contribution in [0.25, 0.3) is 34.1 Å². The van der Waals surface area contributed by atoms with Crippen molar-refractivity contribution in [1.82, 2.24) is 0 Å². The van der Waals surface area contributed by atoms with Crippen molar-refractivity contribution in [3.8, 4) is 23.0 Å². The highest BCUT2D eigenvalue weighted by Crippen LogP contribution is 2.35. The second kappa shape index (κ2) is 5.59. The van der Waals surface area contributed by atoms with Crippen molar-refractivity contribution < 1.29 is 29.3 Å². The Kier molecular flexibility index (Phi) is 3.37. The summed E-state index contributed by atoms with van der Waals surface area (Å²) in [7, 11) is 0. The molecule has 7 nitrogen and oxygen atoms in total. The molecule has 4 rings (SSSR count). The standard InChI is InChI=1S/C19H12O7/c20-12-4-2-9(5-13(12)21)1-3-10-6-17-18(19(24)25-10)11-7-14(22)15(23)8-16(11)26-17/h1-8,20-23H/b3-1+. The van der Waals surface area contributed by atoms with Crippen LogP contribution < -0.4 is 5.63 Å². The molecule has 4 aromatic rings. The molecule has 7 heteroatoms. The number of phenols is 4. The van der Waals surface area contributed by atoms with Crippen molar-refractivity contribution in [3.63, 3.8) is 0 Å². The van der Waals surface area contributed by atoms with Gasteiger partial charge in [-0.1, -0.05) is 12.1 Å². The molecule has 2 heterocycles. The fraction of sp³-hybridized carbons (Fsp3) is 0. The van der Waals surface area contributed by atoms with Gasteiger partial charge in [-0.2, -0.15) is 0 Å². The third-order valence-corrected chi connectivity index (χ3v) is 3.94. The molecule has 4 N–H and O–H groups in total. The average molecular weight is 352 g/mol. The summed E-state index contributed by atoms with van der Waals surface area (Å²) in [5.74, 6) is -1.00. The van der Waals surface area contributed by atoms with E-state index < -0.39 is 5.63 Å². The zero-order chi connectivity index (χ0) is 18.4. The Morgan fingerprint density at radius 1 is 0.731 bits per heavy atom. The first-order valence-corrected chi connectivity index (χ1v) is 7.55. The van der Waals surface area contributed by atoms with Gasteiger partial charge in [0.15, 0.2) is 23.0 Å². The first-order valence-electron chi connectivity index (χ1n) is 7.55. The summed E-state index contributed by atoms with van der Waals surface area (Å²) < 4.78 is 10.8. The number of phenolic OH excluding ortho intramolecular Hbond substituents is 4. The highest BCUT2D eigenvalue weighted by Gasteiger charge is 2.15. The molecule has 0 saturated carbocycles. The predicted molar refractivity (Wildman–Crippen MR) is 94.3 cm³/mol. The van der Waals surface area contributed by atoms with E-state index in [-0.39, 0.29) is 45.3 Å². The summed E-state index contributed by atoms with van der Waals surface area (Å²) >= 11 is 0. The lowest BCUT2D eigenvalue weighted by Crippen LogP contribution is -1.98. The molecule has 0 aliphatic carbocycles. The number of rotatable bonds is 2. The number of fused-ring (bicyclic) bond motifs is 3. The Bertz CT molecular complexity index is 1240. The van der Waals surface area contributed by atoms with Gasteiger partial charge in [0.1, 0.15) is 22.3 Å². The van der Waals surface area contributed by atoms with Crippen molar-refractivity contribution in [2.24, 2.45) is 0 Å². The summed E-state index contributed by atoms with van der Waals surface area (Å²) in [6, 6.07) is 8.24. The molecule has 0 aliphatic rings. The normalized spacial score (nSPS) is 11.7. The average Bonchev–Trinajstić information content (AvgIpc) is 2.94. The first-order chi connectivity index (χ1) is 12.4. The number of benzene rings is 2. The molecule has 0 atom stereocenters. The Morgan fingerprint density at radius 3 is 2.23 bits per heavy atom. The second-order valence-corrected chi connectivity index (χ2v) is 5.70. The molecule has 0 aliphatic heterocycles. The minimum absolute atomic E-state index is 0.162. The van der Waals surface area contributed by atoms with Crippen molar-refractivity contribution in [2.45, 2.75) is 0 Å². The van der Waals surface area contributed by atoms with Gasteiger partial charge in [-0.15, -0.1) is 0 Å². The molecule has 0 unspecified atom stereocenters. The van der Waals surface area contributed by atoms with Gasteiger partial charge in [-0.3, -0.25) is 0 Å². The molecule has 0 fully saturated rings. The highest BCUT2D eigenvalue weighted by molar-refractivity contribution is 6.05. The van der Waals surface area contributed by atoms with Crippen LogP contribution in [0.5, 0.6) is 23.0 Å². The lowest BCUT2D eigenvalue weighted by atomic mass is 10.1. The van der Waals surface area contributed by atoms with Crippen LogP contribution in [0.4, 0.5) is 0 Å². The zero-order valence-corrected chi connectivity index (χ0v) is 13.1. The monoisotopic (exact) mass is 352 g/mol. The van der Waals surface area contributed by atoms with Crippen molar-refractivity contribution >= 4 is 34.1 Å². The molecule has 0 amide bonds. The molecular weight excluding hydrogens is 340 g/mol. The summed E-state index contributed by atoms with van der Waals surface area (Å²) in [5, 5.41) is 38.5. The van der Waals surface area contributed by atoms with Crippen LogP contribution in [0, 0.1) is 0 Å². The smallest absolute Gasteiger partial charge is 0.348 e. The van der Waals surface area contributed by atoms with Crippen LogP contribution in [0.3, 0.4) is 0 Å². The van der Waals surface area contributed by atoms with E-state index in [0.29, 0.717) is 10.9 Å². The Morgan fingerprint density at radius 2 is 1.46 bits per heavy atom. The third kappa shape index (κ3) is 2.51. The summed E-state index contributed by atoms with van der Waals surface area (Å²) in [6.45, 7) is 0. The zero-order valence-electron chi connectivity index (χ0n) is 13.1. The number of furan rings is 1. The van der Waals surface area contributed by atoms with Crippen molar-refractivity contribution in [2.75, 3.05) is 0 Å². The van der Waals surface area contributed by atoms with Gasteiger partial charge in [0.25, 0.3) is 0 Å². The highest BCUT2D eigenvalue weighted by atomic mass is 16.4. The maximum absolute atomic E-state index is 12.3. The van der Waals surface area contributed by atoms with Crippen LogP contribution in [-0.2, 0) is 0 Å². The van der Waals surface area contributed by atoms with Crippen LogP contribution in [0.15, 0.2) is 50.0 Å².